The Balaban J connectivity index is 1.93. The van der Waals surface area contributed by atoms with Gasteiger partial charge in [-0.05, 0) is 26.8 Å². The average molecular weight is 287 g/mol. The lowest BCUT2D eigenvalue weighted by molar-refractivity contribution is -0.116. The third-order valence-corrected chi connectivity index (χ3v) is 3.51. The number of carbonyl (C=O) groups excluding carboxylic acids is 1. The van der Waals surface area contributed by atoms with Crippen LogP contribution in [0, 0.1) is 13.8 Å². The van der Waals surface area contributed by atoms with Crippen molar-refractivity contribution in [3.8, 4) is 0 Å². The average Bonchev–Trinajstić information content (AvgIpc) is 2.99. The van der Waals surface area contributed by atoms with E-state index in [2.05, 4.69) is 15.5 Å². The number of amides is 1. The molecule has 6 nitrogen and oxygen atoms in total. The number of nitrogens with one attached hydrogen (secondary N) is 1. The van der Waals surface area contributed by atoms with Gasteiger partial charge in [0.15, 0.2) is 0 Å². The zero-order chi connectivity index (χ0) is 15.4. The van der Waals surface area contributed by atoms with Gasteiger partial charge in [-0.25, -0.2) is 0 Å². The molecule has 0 saturated heterocycles. The maximum Gasteiger partial charge on any atom is 0.244 e. The summed E-state index contributed by atoms with van der Waals surface area (Å²) in [6.07, 6.45) is 7.02. The predicted molar refractivity (Wildman–Crippen MR) is 81.5 cm³/mol. The molecule has 21 heavy (non-hydrogen) atoms. The zero-order valence-electron chi connectivity index (χ0n) is 12.9. The number of hydrogen-bond acceptors (Lipinski definition) is 3. The van der Waals surface area contributed by atoms with Crippen molar-refractivity contribution < 1.29 is 4.79 Å². The minimum absolute atomic E-state index is 0.123. The molecule has 0 bridgehead atoms. The van der Waals surface area contributed by atoms with Crippen LogP contribution in [0.3, 0.4) is 0 Å². The molecule has 0 fully saturated rings. The van der Waals surface area contributed by atoms with Crippen molar-refractivity contribution >= 4 is 12.0 Å². The van der Waals surface area contributed by atoms with Gasteiger partial charge < -0.3 is 5.32 Å². The number of hydrogen-bond donors (Lipinski definition) is 1. The highest BCUT2D eigenvalue weighted by Gasteiger charge is 2.05. The van der Waals surface area contributed by atoms with Gasteiger partial charge in [-0.15, -0.1) is 0 Å². The van der Waals surface area contributed by atoms with Crippen LogP contribution in [0.5, 0.6) is 0 Å². The van der Waals surface area contributed by atoms with Crippen LogP contribution in [0.4, 0.5) is 0 Å². The number of nitrogens with zero attached hydrogens (tertiary/aromatic N) is 4. The summed E-state index contributed by atoms with van der Waals surface area (Å²) in [6, 6.07) is 0. The summed E-state index contributed by atoms with van der Waals surface area (Å²) in [7, 11) is 1.88. The van der Waals surface area contributed by atoms with Gasteiger partial charge >= 0.3 is 0 Å². The molecule has 2 rings (SSSR count). The van der Waals surface area contributed by atoms with Gasteiger partial charge in [0, 0.05) is 49.2 Å². The fraction of sp³-hybridized carbons (Fsp3) is 0.400. The molecular formula is C15H21N5O. The van der Waals surface area contributed by atoms with Crippen molar-refractivity contribution in [2.75, 3.05) is 0 Å². The van der Waals surface area contributed by atoms with Gasteiger partial charge in [0.05, 0.1) is 11.9 Å². The molecule has 0 unspecified atom stereocenters. The molecule has 112 valence electrons. The van der Waals surface area contributed by atoms with Gasteiger partial charge in [-0.3, -0.25) is 14.2 Å². The first-order chi connectivity index (χ1) is 10.0. The molecule has 6 heteroatoms. The summed E-state index contributed by atoms with van der Waals surface area (Å²) in [5.74, 6) is -0.123. The fourth-order valence-electron chi connectivity index (χ4n) is 1.98. The SMILES string of the molecule is CCn1cc(CNC(=O)C=Cc2cnn(C)c2C)c(C)n1. The lowest BCUT2D eigenvalue weighted by Crippen LogP contribution is -2.20. The number of aryl methyl sites for hydroxylation is 3. The van der Waals surface area contributed by atoms with Crippen LogP contribution in [0.1, 0.15) is 29.4 Å². The molecule has 0 aliphatic carbocycles. The van der Waals surface area contributed by atoms with E-state index in [1.54, 1.807) is 17.0 Å². The van der Waals surface area contributed by atoms with Crippen LogP contribution in [0.2, 0.25) is 0 Å². The molecule has 2 heterocycles. The van der Waals surface area contributed by atoms with Crippen molar-refractivity contribution in [2.45, 2.75) is 33.9 Å². The Hall–Kier alpha value is -2.37. The van der Waals surface area contributed by atoms with Crippen molar-refractivity contribution in [2.24, 2.45) is 7.05 Å². The van der Waals surface area contributed by atoms with E-state index in [0.29, 0.717) is 6.54 Å². The van der Waals surface area contributed by atoms with Crippen molar-refractivity contribution in [3.05, 3.63) is 41.0 Å². The summed E-state index contributed by atoms with van der Waals surface area (Å²) in [5, 5.41) is 11.4. The first kappa shape index (κ1) is 15.0. The normalized spacial score (nSPS) is 11.2. The quantitative estimate of drug-likeness (QED) is 0.849. The van der Waals surface area contributed by atoms with E-state index in [1.165, 1.54) is 6.08 Å². The third kappa shape index (κ3) is 3.59. The molecule has 0 radical (unpaired) electrons. The Morgan fingerprint density at radius 3 is 2.76 bits per heavy atom. The Morgan fingerprint density at radius 2 is 2.19 bits per heavy atom. The maximum atomic E-state index is 11.8. The number of carbonyl (C=O) groups is 1. The molecule has 0 spiro atoms. The summed E-state index contributed by atoms with van der Waals surface area (Å²) in [5.41, 5.74) is 3.96. The molecule has 1 amide bonds. The second-order valence-corrected chi connectivity index (χ2v) is 4.96. The van der Waals surface area contributed by atoms with Crippen molar-refractivity contribution in [1.29, 1.82) is 0 Å². The zero-order valence-corrected chi connectivity index (χ0v) is 12.9. The van der Waals surface area contributed by atoms with Crippen molar-refractivity contribution in [1.82, 2.24) is 24.9 Å². The molecule has 0 aliphatic heterocycles. The van der Waals surface area contributed by atoms with Crippen LogP contribution < -0.4 is 5.32 Å². The van der Waals surface area contributed by atoms with E-state index in [4.69, 9.17) is 0 Å². The van der Waals surface area contributed by atoms with Crippen molar-refractivity contribution in [3.63, 3.8) is 0 Å². The smallest absolute Gasteiger partial charge is 0.244 e. The predicted octanol–water partition coefficient (Wildman–Crippen LogP) is 1.58. The Bertz CT molecular complexity index is 666. The highest BCUT2D eigenvalue weighted by Crippen LogP contribution is 2.08. The van der Waals surface area contributed by atoms with E-state index >= 15 is 0 Å². The summed E-state index contributed by atoms with van der Waals surface area (Å²) < 4.78 is 3.64. The van der Waals surface area contributed by atoms with Gasteiger partial charge in [-0.2, -0.15) is 10.2 Å². The molecule has 2 aromatic rings. The van der Waals surface area contributed by atoms with E-state index in [9.17, 15) is 4.79 Å². The minimum Gasteiger partial charge on any atom is -0.348 e. The lowest BCUT2D eigenvalue weighted by Gasteiger charge is -2.00. The minimum atomic E-state index is -0.123. The van der Waals surface area contributed by atoms with Gasteiger partial charge in [0.25, 0.3) is 0 Å². The van der Waals surface area contributed by atoms with E-state index in [-0.39, 0.29) is 5.91 Å². The molecule has 2 aromatic heterocycles. The summed E-state index contributed by atoms with van der Waals surface area (Å²) in [6.45, 7) is 7.26. The van der Waals surface area contributed by atoms with E-state index in [1.807, 2.05) is 38.7 Å². The highest BCUT2D eigenvalue weighted by molar-refractivity contribution is 5.91. The third-order valence-electron chi connectivity index (χ3n) is 3.51. The Morgan fingerprint density at radius 1 is 1.43 bits per heavy atom. The fourth-order valence-corrected chi connectivity index (χ4v) is 1.98. The van der Waals surface area contributed by atoms with Crippen LogP contribution in [0.15, 0.2) is 18.5 Å². The monoisotopic (exact) mass is 287 g/mol. The molecule has 0 atom stereocenters. The van der Waals surface area contributed by atoms with E-state index in [0.717, 1.165) is 29.1 Å². The van der Waals surface area contributed by atoms with Crippen LogP contribution in [0.25, 0.3) is 6.08 Å². The van der Waals surface area contributed by atoms with E-state index < -0.39 is 0 Å². The number of aromatic nitrogens is 4. The first-order valence-corrected chi connectivity index (χ1v) is 6.98. The first-order valence-electron chi connectivity index (χ1n) is 6.98. The van der Waals surface area contributed by atoms with Gasteiger partial charge in [-0.1, -0.05) is 0 Å². The largest absolute Gasteiger partial charge is 0.348 e. The molecule has 0 saturated carbocycles. The summed E-state index contributed by atoms with van der Waals surface area (Å²) in [4.78, 5) is 11.8. The lowest BCUT2D eigenvalue weighted by atomic mass is 10.2. The van der Waals surface area contributed by atoms with Gasteiger partial charge in [0.1, 0.15) is 0 Å². The highest BCUT2D eigenvalue weighted by atomic mass is 16.1. The van der Waals surface area contributed by atoms with Gasteiger partial charge in [0.2, 0.25) is 5.91 Å². The van der Waals surface area contributed by atoms with Crippen LogP contribution in [-0.4, -0.2) is 25.5 Å². The maximum absolute atomic E-state index is 11.8. The molecule has 0 aromatic carbocycles. The molecule has 1 N–H and O–H groups in total. The molecular weight excluding hydrogens is 266 g/mol. The second-order valence-electron chi connectivity index (χ2n) is 4.96. The Labute approximate surface area is 124 Å². The molecule has 0 aliphatic rings. The summed E-state index contributed by atoms with van der Waals surface area (Å²) >= 11 is 0. The van der Waals surface area contributed by atoms with Crippen LogP contribution >= 0.6 is 0 Å². The second kappa shape index (κ2) is 6.39. The van der Waals surface area contributed by atoms with Crippen LogP contribution in [-0.2, 0) is 24.9 Å². The number of rotatable bonds is 5. The topological polar surface area (TPSA) is 64.7 Å². The Kier molecular flexibility index (Phi) is 4.57. The standard InChI is InChI=1S/C15H21N5O/c1-5-20-10-14(11(2)18-20)8-16-15(21)7-6-13-9-17-19(4)12(13)3/h6-7,9-10H,5,8H2,1-4H3,(H,16,21).